The predicted molar refractivity (Wildman–Crippen MR) is 127 cm³/mol. The van der Waals surface area contributed by atoms with E-state index in [0.29, 0.717) is 21.8 Å². The molecule has 0 radical (unpaired) electrons. The molecule has 0 aromatic heterocycles. The van der Waals surface area contributed by atoms with Crippen LogP contribution < -0.4 is 9.64 Å². The van der Waals surface area contributed by atoms with E-state index in [-0.39, 0.29) is 22.8 Å². The van der Waals surface area contributed by atoms with Crippen LogP contribution in [0, 0.1) is 13.8 Å². The first-order valence-electron chi connectivity index (χ1n) is 10.2. The zero-order valence-electron chi connectivity index (χ0n) is 18.3. The third-order valence-corrected chi connectivity index (χ3v) is 6.06. The average Bonchev–Trinajstić information content (AvgIpc) is 3.05. The van der Waals surface area contributed by atoms with Crippen molar-refractivity contribution in [2.24, 2.45) is 0 Å². The van der Waals surface area contributed by atoms with Crippen molar-refractivity contribution >= 4 is 34.7 Å². The Morgan fingerprint density at radius 1 is 1.00 bits per heavy atom. The van der Waals surface area contributed by atoms with Crippen LogP contribution in [0.5, 0.6) is 11.5 Å². The van der Waals surface area contributed by atoms with Gasteiger partial charge in [0.2, 0.25) is 0 Å². The lowest BCUT2D eigenvalue weighted by atomic mass is 9.94. The first-order valence-corrected chi connectivity index (χ1v) is 10.6. The van der Waals surface area contributed by atoms with Gasteiger partial charge in [-0.25, -0.2) is 0 Å². The third kappa shape index (κ3) is 3.94. The summed E-state index contributed by atoms with van der Waals surface area (Å²) in [4.78, 5) is 27.7. The minimum absolute atomic E-state index is 0.0761. The molecule has 1 amide bonds. The van der Waals surface area contributed by atoms with Crippen LogP contribution >= 0.6 is 11.6 Å². The molecular weight excluding hydrogens is 442 g/mol. The molecule has 0 aliphatic carbocycles. The number of hydrogen-bond acceptors (Lipinski definition) is 5. The van der Waals surface area contributed by atoms with Crippen LogP contribution in [0.1, 0.15) is 28.3 Å². The minimum atomic E-state index is -0.984. The number of nitrogens with zero attached hydrogens (tertiary/aromatic N) is 1. The molecule has 1 saturated heterocycles. The van der Waals surface area contributed by atoms with Crippen LogP contribution in [-0.4, -0.2) is 29.0 Å². The smallest absolute Gasteiger partial charge is 0.300 e. The molecule has 0 spiro atoms. The summed E-state index contributed by atoms with van der Waals surface area (Å²) >= 11 is 6.15. The molecule has 7 heteroatoms. The number of aliphatic hydroxyl groups is 1. The zero-order chi connectivity index (χ0) is 23.9. The van der Waals surface area contributed by atoms with E-state index in [0.717, 1.165) is 11.1 Å². The number of Topliss-reactive ketones (excluding diaryl/α,β-unsaturated/α-hetero) is 1. The number of carbonyl (C=O) groups is 2. The summed E-state index contributed by atoms with van der Waals surface area (Å²) in [6.45, 7) is 3.84. The van der Waals surface area contributed by atoms with Crippen molar-refractivity contribution in [2.45, 2.75) is 19.9 Å². The molecule has 6 nitrogen and oxygen atoms in total. The van der Waals surface area contributed by atoms with E-state index in [1.807, 2.05) is 19.9 Å². The molecule has 168 valence electrons. The fraction of sp³-hybridized carbons (Fsp3) is 0.154. The number of phenols is 1. The molecule has 1 aliphatic rings. The van der Waals surface area contributed by atoms with Crippen molar-refractivity contribution in [3.8, 4) is 11.5 Å². The van der Waals surface area contributed by atoms with Gasteiger partial charge >= 0.3 is 0 Å². The third-order valence-electron chi connectivity index (χ3n) is 5.83. The summed E-state index contributed by atoms with van der Waals surface area (Å²) < 4.78 is 5.12. The number of carbonyl (C=O) groups excluding carboxylic acids is 2. The summed E-state index contributed by atoms with van der Waals surface area (Å²) in [5.41, 5.74) is 3.13. The molecule has 1 fully saturated rings. The molecular formula is C26H22ClNO5. The number of aliphatic hydroxyl groups excluding tert-OH is 1. The topological polar surface area (TPSA) is 87.1 Å². The van der Waals surface area contributed by atoms with Crippen LogP contribution in [0.2, 0.25) is 5.02 Å². The summed E-state index contributed by atoms with van der Waals surface area (Å²) in [6.07, 6.45) is 0. The van der Waals surface area contributed by atoms with E-state index in [4.69, 9.17) is 16.3 Å². The van der Waals surface area contributed by atoms with Gasteiger partial charge in [-0.3, -0.25) is 14.5 Å². The quantitative estimate of drug-likeness (QED) is 0.311. The number of methoxy groups -OCH3 is 1. The number of ether oxygens (including phenoxy) is 1. The van der Waals surface area contributed by atoms with Gasteiger partial charge in [0.1, 0.15) is 5.76 Å². The number of phenolic OH excluding ortho intramolecular Hbond substituents is 1. The van der Waals surface area contributed by atoms with Gasteiger partial charge in [0.05, 0.1) is 18.7 Å². The van der Waals surface area contributed by atoms with Crippen molar-refractivity contribution < 1.29 is 24.5 Å². The van der Waals surface area contributed by atoms with E-state index in [1.54, 1.807) is 48.5 Å². The monoisotopic (exact) mass is 463 g/mol. The number of rotatable bonds is 4. The maximum atomic E-state index is 13.2. The van der Waals surface area contributed by atoms with E-state index in [9.17, 15) is 19.8 Å². The number of ketones is 1. The lowest BCUT2D eigenvalue weighted by Gasteiger charge is -2.26. The highest BCUT2D eigenvalue weighted by Crippen LogP contribution is 2.44. The molecule has 3 aromatic carbocycles. The van der Waals surface area contributed by atoms with Crippen molar-refractivity contribution in [3.63, 3.8) is 0 Å². The first-order chi connectivity index (χ1) is 15.7. The molecule has 1 unspecified atom stereocenters. The lowest BCUT2D eigenvalue weighted by Crippen LogP contribution is -2.29. The van der Waals surface area contributed by atoms with Crippen molar-refractivity contribution in [1.82, 2.24) is 0 Å². The molecule has 3 aromatic rings. The van der Waals surface area contributed by atoms with Crippen molar-refractivity contribution in [1.29, 1.82) is 0 Å². The Kier molecular flexibility index (Phi) is 5.87. The number of hydrogen-bond donors (Lipinski definition) is 2. The predicted octanol–water partition coefficient (Wildman–Crippen LogP) is 5.30. The summed E-state index contributed by atoms with van der Waals surface area (Å²) in [5, 5.41) is 22.0. The maximum absolute atomic E-state index is 13.2. The maximum Gasteiger partial charge on any atom is 0.300 e. The number of benzene rings is 3. The van der Waals surface area contributed by atoms with Crippen LogP contribution in [0.15, 0.2) is 66.2 Å². The number of aryl methyl sites for hydroxylation is 2. The molecule has 33 heavy (non-hydrogen) atoms. The number of amides is 1. The van der Waals surface area contributed by atoms with Gasteiger partial charge in [-0.2, -0.15) is 0 Å². The molecule has 4 rings (SSSR count). The second-order valence-corrected chi connectivity index (χ2v) is 8.32. The van der Waals surface area contributed by atoms with Gasteiger partial charge in [-0.1, -0.05) is 35.9 Å². The van der Waals surface area contributed by atoms with E-state index in [2.05, 4.69) is 0 Å². The van der Waals surface area contributed by atoms with Crippen LogP contribution in [0.25, 0.3) is 5.76 Å². The molecule has 0 bridgehead atoms. The average molecular weight is 464 g/mol. The first kappa shape index (κ1) is 22.4. The van der Waals surface area contributed by atoms with Crippen LogP contribution in [0.4, 0.5) is 5.69 Å². The number of anilines is 1. The van der Waals surface area contributed by atoms with Crippen molar-refractivity contribution in [3.05, 3.63) is 93.5 Å². The molecule has 1 heterocycles. The minimum Gasteiger partial charge on any atom is -0.507 e. The van der Waals surface area contributed by atoms with E-state index >= 15 is 0 Å². The Hall–Kier alpha value is -3.77. The Bertz CT molecular complexity index is 1310. The standard InChI is InChI=1S/C26H22ClNO5/c1-14-7-8-17(11-15(14)2)24(30)22-23(16-9-10-21(33-3)20(29)12-16)28(26(32)25(22)31)19-6-4-5-18(27)13-19/h4-13,23,29-30H,1-3H3/b24-22-. The van der Waals surface area contributed by atoms with Crippen LogP contribution in [-0.2, 0) is 9.59 Å². The second kappa shape index (κ2) is 8.64. The SMILES string of the molecule is COc1ccc(C2/C(=C(/O)c3ccc(C)c(C)c3)C(=O)C(=O)N2c2cccc(Cl)c2)cc1O. The zero-order valence-corrected chi connectivity index (χ0v) is 19.1. The molecule has 2 N–H and O–H groups in total. The fourth-order valence-corrected chi connectivity index (χ4v) is 4.15. The molecule has 1 aliphatic heterocycles. The van der Waals surface area contributed by atoms with Gasteiger partial charge in [0.15, 0.2) is 11.5 Å². The highest BCUT2D eigenvalue weighted by atomic mass is 35.5. The number of aromatic hydroxyl groups is 1. The highest BCUT2D eigenvalue weighted by Gasteiger charge is 2.47. The summed E-state index contributed by atoms with van der Waals surface area (Å²) in [5.74, 6) is -1.83. The normalized spacial score (nSPS) is 17.5. The van der Waals surface area contributed by atoms with Crippen molar-refractivity contribution in [2.75, 3.05) is 12.0 Å². The molecule has 1 atom stereocenters. The Morgan fingerprint density at radius 3 is 2.39 bits per heavy atom. The Morgan fingerprint density at radius 2 is 1.76 bits per heavy atom. The van der Waals surface area contributed by atoms with E-state index in [1.165, 1.54) is 18.1 Å². The van der Waals surface area contributed by atoms with Gasteiger partial charge in [-0.15, -0.1) is 0 Å². The Balaban J connectivity index is 1.97. The second-order valence-electron chi connectivity index (χ2n) is 7.88. The fourth-order valence-electron chi connectivity index (χ4n) is 3.96. The molecule has 0 saturated carbocycles. The number of halogens is 1. The largest absolute Gasteiger partial charge is 0.507 e. The van der Waals surface area contributed by atoms with Gasteiger partial charge in [-0.05, 0) is 66.9 Å². The highest BCUT2D eigenvalue weighted by molar-refractivity contribution is 6.51. The lowest BCUT2D eigenvalue weighted by molar-refractivity contribution is -0.132. The summed E-state index contributed by atoms with van der Waals surface area (Å²) in [7, 11) is 1.42. The van der Waals surface area contributed by atoms with Crippen LogP contribution in [0.3, 0.4) is 0 Å². The summed E-state index contributed by atoms with van der Waals surface area (Å²) in [6, 6.07) is 15.5. The van der Waals surface area contributed by atoms with Gasteiger partial charge in [0, 0.05) is 16.3 Å². The van der Waals surface area contributed by atoms with Gasteiger partial charge in [0.25, 0.3) is 11.7 Å². The Labute approximate surface area is 196 Å². The van der Waals surface area contributed by atoms with E-state index < -0.39 is 17.7 Å². The van der Waals surface area contributed by atoms with Gasteiger partial charge < -0.3 is 14.9 Å².